The van der Waals surface area contributed by atoms with E-state index in [9.17, 15) is 29.4 Å². The van der Waals surface area contributed by atoms with Gasteiger partial charge in [-0.3, -0.25) is 24.4 Å². The van der Waals surface area contributed by atoms with Crippen LogP contribution in [0.1, 0.15) is 38.3 Å². The van der Waals surface area contributed by atoms with Gasteiger partial charge in [0.15, 0.2) is 11.9 Å². The van der Waals surface area contributed by atoms with E-state index < -0.39 is 54.0 Å². The van der Waals surface area contributed by atoms with Gasteiger partial charge in [0.2, 0.25) is 17.7 Å². The summed E-state index contributed by atoms with van der Waals surface area (Å²) in [5, 5.41) is 26.7. The van der Waals surface area contributed by atoms with Crippen LogP contribution in [0.25, 0.3) is 0 Å². The number of aliphatic carboxylic acids is 1. The first-order valence-corrected chi connectivity index (χ1v) is 12.5. The minimum Gasteiger partial charge on any atom is -0.480 e. The van der Waals surface area contributed by atoms with E-state index in [1.165, 1.54) is 19.4 Å². The number of aliphatic imine (C=N–C) groups is 2. The summed E-state index contributed by atoms with van der Waals surface area (Å²) in [5.74, 6) is -3.92. The number of H-pyrrole nitrogens is 1. The van der Waals surface area contributed by atoms with Crippen LogP contribution in [0, 0.1) is 0 Å². The SMILES string of the molecule is CC(O)C(N)C(=O)NC(CCCN=C(N)N)C(=O)NC(Cc1cnc[nH]1)C(=O)NC(CCCN=C(N)N)C(=O)O. The number of aliphatic hydroxyl groups is 1. The molecule has 1 heterocycles. The number of aromatic amines is 1. The molecule has 0 aliphatic carbocycles. The quantitative estimate of drug-likeness (QED) is 0.0452. The largest absolute Gasteiger partial charge is 0.480 e. The monoisotopic (exact) mass is 568 g/mol. The minimum absolute atomic E-state index is 0.0171. The third-order valence-corrected chi connectivity index (χ3v) is 5.57. The van der Waals surface area contributed by atoms with E-state index in [2.05, 4.69) is 35.9 Å². The third-order valence-electron chi connectivity index (χ3n) is 5.57. The zero-order chi connectivity index (χ0) is 30.2. The van der Waals surface area contributed by atoms with Gasteiger partial charge in [-0.1, -0.05) is 0 Å². The van der Waals surface area contributed by atoms with Gasteiger partial charge in [0, 0.05) is 31.4 Å². The maximum atomic E-state index is 13.3. The van der Waals surface area contributed by atoms with Crippen molar-refractivity contribution in [3.63, 3.8) is 0 Å². The third kappa shape index (κ3) is 12.9. The predicted molar refractivity (Wildman–Crippen MR) is 145 cm³/mol. The van der Waals surface area contributed by atoms with E-state index in [1.54, 1.807) is 0 Å². The van der Waals surface area contributed by atoms with E-state index >= 15 is 0 Å². The number of aliphatic hydroxyl groups excluding tert-OH is 1. The molecule has 0 radical (unpaired) electrons. The standard InChI is InChI=1S/C22H40N12O6/c1-11(35)16(23)19(38)32-13(4-2-6-29-21(24)25)17(36)34-15(8-12-9-28-10-31-12)18(37)33-14(20(39)40)5-3-7-30-22(26)27/h9-11,13-16,35H,2-8,23H2,1H3,(H,28,31)(H,32,38)(H,33,37)(H,34,36)(H,39,40)(H4,24,25,29)(H4,26,27,30). The van der Waals surface area contributed by atoms with Crippen LogP contribution in [0.2, 0.25) is 0 Å². The van der Waals surface area contributed by atoms with Crippen LogP contribution >= 0.6 is 0 Å². The number of guanidine groups is 2. The Kier molecular flexibility index (Phi) is 14.4. The van der Waals surface area contributed by atoms with Gasteiger partial charge in [-0.2, -0.15) is 0 Å². The molecule has 0 saturated heterocycles. The summed E-state index contributed by atoms with van der Waals surface area (Å²) in [6.45, 7) is 1.63. The van der Waals surface area contributed by atoms with E-state index in [1.807, 2.05) is 0 Å². The molecule has 0 aliphatic rings. The number of carboxylic acid groups (broad SMARTS) is 1. The Hall–Kier alpha value is -4.45. The fraction of sp³-hybridized carbons (Fsp3) is 0.591. The Morgan fingerprint density at radius 1 is 0.900 bits per heavy atom. The van der Waals surface area contributed by atoms with Gasteiger partial charge < -0.3 is 59.8 Å². The van der Waals surface area contributed by atoms with E-state index in [0.717, 1.165) is 0 Å². The summed E-state index contributed by atoms with van der Waals surface area (Å²) in [5.41, 5.74) is 27.3. The molecule has 1 rings (SSSR count). The Bertz CT molecular complexity index is 1020. The second-order valence-electron chi connectivity index (χ2n) is 8.97. The summed E-state index contributed by atoms with van der Waals surface area (Å²) in [6, 6.07) is -5.04. The lowest BCUT2D eigenvalue weighted by Gasteiger charge is -2.25. The van der Waals surface area contributed by atoms with Crippen LogP contribution in [0.15, 0.2) is 22.5 Å². The molecular weight excluding hydrogens is 528 g/mol. The molecule has 0 fully saturated rings. The van der Waals surface area contributed by atoms with Gasteiger partial charge in [0.1, 0.15) is 24.2 Å². The van der Waals surface area contributed by atoms with Crippen molar-refractivity contribution >= 4 is 35.6 Å². The molecule has 40 heavy (non-hydrogen) atoms. The molecule has 1 aromatic rings. The number of imidazole rings is 1. The number of hydrogen-bond donors (Lipinski definition) is 11. The predicted octanol–water partition coefficient (Wildman–Crippen LogP) is -4.69. The van der Waals surface area contributed by atoms with Crippen molar-refractivity contribution in [3.05, 3.63) is 18.2 Å². The first kappa shape index (κ1) is 33.6. The molecule has 5 atom stereocenters. The Labute approximate surface area is 230 Å². The number of rotatable bonds is 18. The van der Waals surface area contributed by atoms with E-state index in [-0.39, 0.29) is 57.1 Å². The maximum absolute atomic E-state index is 13.3. The summed E-state index contributed by atoms with van der Waals surface area (Å²) in [7, 11) is 0. The van der Waals surface area contributed by atoms with Crippen LogP contribution in [-0.4, -0.2) is 99.2 Å². The lowest BCUT2D eigenvalue weighted by Crippen LogP contribution is -2.58. The molecule has 1 aromatic heterocycles. The van der Waals surface area contributed by atoms with Crippen molar-refractivity contribution in [3.8, 4) is 0 Å². The Morgan fingerprint density at radius 3 is 1.88 bits per heavy atom. The van der Waals surface area contributed by atoms with Crippen molar-refractivity contribution in [1.82, 2.24) is 25.9 Å². The maximum Gasteiger partial charge on any atom is 0.326 e. The number of aromatic nitrogens is 2. The Morgan fingerprint density at radius 2 is 1.40 bits per heavy atom. The van der Waals surface area contributed by atoms with Crippen LogP contribution in [0.3, 0.4) is 0 Å². The van der Waals surface area contributed by atoms with Gasteiger partial charge in [-0.05, 0) is 32.6 Å². The number of nitrogens with one attached hydrogen (secondary N) is 4. The molecule has 0 saturated carbocycles. The van der Waals surface area contributed by atoms with Gasteiger partial charge in [-0.15, -0.1) is 0 Å². The second kappa shape index (κ2) is 17.2. The number of nitrogens with two attached hydrogens (primary N) is 5. The number of carboxylic acids is 1. The van der Waals surface area contributed by atoms with Gasteiger partial charge in [0.25, 0.3) is 0 Å². The Balaban J connectivity index is 3.08. The average molecular weight is 569 g/mol. The number of amides is 3. The second-order valence-corrected chi connectivity index (χ2v) is 8.97. The van der Waals surface area contributed by atoms with Crippen molar-refractivity contribution in [2.75, 3.05) is 13.1 Å². The smallest absolute Gasteiger partial charge is 0.326 e. The summed E-state index contributed by atoms with van der Waals surface area (Å²) in [4.78, 5) is 65.0. The van der Waals surface area contributed by atoms with Crippen LogP contribution in [0.4, 0.5) is 0 Å². The van der Waals surface area contributed by atoms with Crippen molar-refractivity contribution in [2.45, 2.75) is 69.3 Å². The molecule has 18 nitrogen and oxygen atoms in total. The molecular formula is C22H40N12O6. The lowest BCUT2D eigenvalue weighted by molar-refractivity contribution is -0.142. The summed E-state index contributed by atoms with van der Waals surface area (Å²) >= 11 is 0. The van der Waals surface area contributed by atoms with Crippen molar-refractivity contribution < 1.29 is 29.4 Å². The minimum atomic E-state index is -1.31. The van der Waals surface area contributed by atoms with Gasteiger partial charge >= 0.3 is 5.97 Å². The lowest BCUT2D eigenvalue weighted by atomic mass is 10.1. The molecule has 16 N–H and O–H groups in total. The number of carbonyl (C=O) groups excluding carboxylic acids is 3. The van der Waals surface area contributed by atoms with Crippen molar-refractivity contribution in [1.29, 1.82) is 0 Å². The molecule has 0 aliphatic heterocycles. The zero-order valence-electron chi connectivity index (χ0n) is 22.2. The van der Waals surface area contributed by atoms with Crippen LogP contribution in [-0.2, 0) is 25.6 Å². The zero-order valence-corrected chi connectivity index (χ0v) is 22.2. The molecule has 18 heteroatoms. The highest BCUT2D eigenvalue weighted by Crippen LogP contribution is 2.06. The average Bonchev–Trinajstić information content (AvgIpc) is 3.39. The molecule has 0 spiro atoms. The molecule has 224 valence electrons. The molecule has 5 unspecified atom stereocenters. The summed E-state index contributed by atoms with van der Waals surface area (Å²) < 4.78 is 0. The van der Waals surface area contributed by atoms with Gasteiger partial charge in [0.05, 0.1) is 12.4 Å². The first-order chi connectivity index (χ1) is 18.8. The highest BCUT2D eigenvalue weighted by Gasteiger charge is 2.31. The fourth-order valence-corrected chi connectivity index (χ4v) is 3.39. The molecule has 0 bridgehead atoms. The van der Waals surface area contributed by atoms with Crippen molar-refractivity contribution in [2.24, 2.45) is 38.7 Å². The topological polar surface area (TPSA) is 328 Å². The summed E-state index contributed by atoms with van der Waals surface area (Å²) in [6.07, 6.45) is 2.16. The van der Waals surface area contributed by atoms with Gasteiger partial charge in [-0.25, -0.2) is 9.78 Å². The van der Waals surface area contributed by atoms with Crippen LogP contribution in [0.5, 0.6) is 0 Å². The fourth-order valence-electron chi connectivity index (χ4n) is 3.39. The number of nitrogens with zero attached hydrogens (tertiary/aromatic N) is 3. The first-order valence-electron chi connectivity index (χ1n) is 12.5. The number of hydrogen-bond acceptors (Lipinski definition) is 9. The van der Waals surface area contributed by atoms with E-state index in [0.29, 0.717) is 5.69 Å². The molecule has 3 amide bonds. The van der Waals surface area contributed by atoms with E-state index in [4.69, 9.17) is 28.7 Å². The highest BCUT2D eigenvalue weighted by molar-refractivity contribution is 5.94. The highest BCUT2D eigenvalue weighted by atomic mass is 16.4. The molecule has 0 aromatic carbocycles. The number of carbonyl (C=O) groups is 4. The van der Waals surface area contributed by atoms with Crippen LogP contribution < -0.4 is 44.6 Å². The normalized spacial score (nSPS) is 14.5.